The molecule has 2 heterocycles. The van der Waals surface area contributed by atoms with Gasteiger partial charge in [0, 0.05) is 32.3 Å². The number of nitrogens with one attached hydrogen (secondary N) is 1. The highest BCUT2D eigenvalue weighted by atomic mass is 32.2. The van der Waals surface area contributed by atoms with Crippen LogP contribution < -0.4 is 5.73 Å². The average molecular weight is 350 g/mol. The van der Waals surface area contributed by atoms with Crippen molar-refractivity contribution < 1.29 is 27.6 Å². The molecule has 1 aromatic rings. The Morgan fingerprint density at radius 2 is 2.13 bits per heavy atom. The molecule has 0 aliphatic carbocycles. The van der Waals surface area contributed by atoms with Gasteiger partial charge >= 0.3 is 5.97 Å². The molecule has 0 amide bonds. The minimum Gasteiger partial charge on any atom is -0.480 e. The highest BCUT2D eigenvalue weighted by molar-refractivity contribution is 7.85. The number of nitrogens with two attached hydrogens (primary N) is 1. The van der Waals surface area contributed by atoms with Crippen LogP contribution in [0.2, 0.25) is 0 Å². The van der Waals surface area contributed by atoms with E-state index in [0.29, 0.717) is 25.5 Å². The Hall–Kier alpha value is -1.53. The van der Waals surface area contributed by atoms with Crippen LogP contribution in [0.1, 0.15) is 5.69 Å². The van der Waals surface area contributed by atoms with E-state index < -0.39 is 22.1 Å². The van der Waals surface area contributed by atoms with Gasteiger partial charge in [-0.05, 0) is 0 Å². The van der Waals surface area contributed by atoms with E-state index in [1.54, 1.807) is 6.20 Å². The summed E-state index contributed by atoms with van der Waals surface area (Å²) in [5, 5.41) is 8.42. The molecule has 23 heavy (non-hydrogen) atoms. The molecule has 5 N–H and O–H groups in total. The van der Waals surface area contributed by atoms with Crippen LogP contribution in [0.15, 0.2) is 12.5 Å². The second kappa shape index (κ2) is 9.57. The van der Waals surface area contributed by atoms with Crippen LogP contribution in [-0.4, -0.2) is 83.6 Å². The maximum Gasteiger partial charge on any atom is 0.320 e. The quantitative estimate of drug-likeness (QED) is 0.451. The van der Waals surface area contributed by atoms with E-state index >= 15 is 0 Å². The third kappa shape index (κ3) is 9.25. The minimum atomic E-state index is -3.81. The van der Waals surface area contributed by atoms with Gasteiger partial charge in [-0.25, -0.2) is 4.98 Å². The van der Waals surface area contributed by atoms with E-state index in [-0.39, 0.29) is 12.2 Å². The predicted molar refractivity (Wildman–Crippen MR) is 81.6 cm³/mol. The first-order valence-corrected chi connectivity index (χ1v) is 8.60. The number of aliphatic carboxylic acids is 1. The molecule has 132 valence electrons. The van der Waals surface area contributed by atoms with Crippen LogP contribution in [0.5, 0.6) is 0 Å². The van der Waals surface area contributed by atoms with Gasteiger partial charge in [-0.1, -0.05) is 0 Å². The second-order valence-electron chi connectivity index (χ2n) is 4.95. The van der Waals surface area contributed by atoms with Gasteiger partial charge in [0.2, 0.25) is 0 Å². The fraction of sp³-hybridized carbons (Fsp3) is 0.667. The molecule has 1 aromatic heterocycles. The molecule has 2 rings (SSSR count). The van der Waals surface area contributed by atoms with E-state index in [4.69, 9.17) is 20.1 Å². The molecule has 1 atom stereocenters. The van der Waals surface area contributed by atoms with Gasteiger partial charge in [0.25, 0.3) is 10.1 Å². The van der Waals surface area contributed by atoms with Gasteiger partial charge in [-0.2, -0.15) is 8.42 Å². The van der Waals surface area contributed by atoms with Crippen molar-refractivity contribution in [3.8, 4) is 0 Å². The van der Waals surface area contributed by atoms with Crippen molar-refractivity contribution in [1.82, 2.24) is 14.9 Å². The maximum atomic E-state index is 10.4. The van der Waals surface area contributed by atoms with Crippen molar-refractivity contribution in [3.63, 3.8) is 0 Å². The number of hydrogen-bond donors (Lipinski definition) is 4. The highest BCUT2D eigenvalue weighted by Crippen LogP contribution is 1.97. The number of hydrogen-bond acceptors (Lipinski definition) is 7. The Balaban J connectivity index is 0.000000231. The third-order valence-corrected chi connectivity index (χ3v) is 3.77. The van der Waals surface area contributed by atoms with Gasteiger partial charge in [0.1, 0.15) is 6.04 Å². The fourth-order valence-electron chi connectivity index (χ4n) is 1.78. The Bertz CT molecular complexity index is 556. The Labute approximate surface area is 134 Å². The van der Waals surface area contributed by atoms with Crippen LogP contribution in [0.25, 0.3) is 0 Å². The molecule has 0 aromatic carbocycles. The number of carboxylic acids is 1. The average Bonchev–Trinajstić information content (AvgIpc) is 2.99. The molecule has 0 saturated carbocycles. The maximum absolute atomic E-state index is 10.4. The summed E-state index contributed by atoms with van der Waals surface area (Å²) in [5.74, 6) is -1.19. The Kier molecular flexibility index (Phi) is 8.12. The molecule has 0 bridgehead atoms. The smallest absolute Gasteiger partial charge is 0.320 e. The van der Waals surface area contributed by atoms with Crippen LogP contribution in [0.4, 0.5) is 0 Å². The molecule has 1 saturated heterocycles. The molecule has 10 nitrogen and oxygen atoms in total. The van der Waals surface area contributed by atoms with E-state index in [9.17, 15) is 13.2 Å². The molecule has 0 spiro atoms. The normalized spacial score (nSPS) is 17.1. The number of H-pyrrole nitrogens is 1. The lowest BCUT2D eigenvalue weighted by atomic mass is 10.2. The number of carboxylic acid groups (broad SMARTS) is 1. The van der Waals surface area contributed by atoms with Crippen LogP contribution in [0, 0.1) is 0 Å². The van der Waals surface area contributed by atoms with Crippen molar-refractivity contribution in [1.29, 1.82) is 0 Å². The summed E-state index contributed by atoms with van der Waals surface area (Å²) in [5.41, 5.74) is 5.92. The number of carbonyl (C=O) groups is 1. The number of ether oxygens (including phenoxy) is 1. The fourth-order valence-corrected chi connectivity index (χ4v) is 2.27. The lowest BCUT2D eigenvalue weighted by molar-refractivity contribution is -0.138. The SMILES string of the molecule is NC(Cc1c[nH]cn1)C(=O)O.O=S(=O)(O)CCN1CCOCC1. The van der Waals surface area contributed by atoms with E-state index in [1.165, 1.54) is 6.33 Å². The lowest BCUT2D eigenvalue weighted by Gasteiger charge is -2.25. The molecule has 1 unspecified atom stereocenters. The topological polar surface area (TPSA) is 159 Å². The summed E-state index contributed by atoms with van der Waals surface area (Å²) in [7, 11) is -3.81. The second-order valence-corrected chi connectivity index (χ2v) is 6.52. The summed E-state index contributed by atoms with van der Waals surface area (Å²) >= 11 is 0. The van der Waals surface area contributed by atoms with Crippen LogP contribution in [-0.2, 0) is 26.1 Å². The first kappa shape index (κ1) is 19.5. The summed E-state index contributed by atoms with van der Waals surface area (Å²) in [6.45, 7) is 3.17. The molecule has 11 heteroatoms. The number of imidazole rings is 1. The van der Waals surface area contributed by atoms with Crippen molar-refractivity contribution in [2.45, 2.75) is 12.5 Å². The molecule has 0 radical (unpaired) electrons. The zero-order valence-corrected chi connectivity index (χ0v) is 13.4. The standard InChI is InChI=1S/C6H9N3O2.C6H13NO4S/c7-5(6(10)11)1-4-2-8-3-9-4;8-12(9,10)6-3-7-1-4-11-5-2-7/h2-3,5H,1,7H2,(H,8,9)(H,10,11);1-6H2,(H,8,9,10). The van der Waals surface area contributed by atoms with Gasteiger partial charge in [0.15, 0.2) is 0 Å². The molecular weight excluding hydrogens is 328 g/mol. The van der Waals surface area contributed by atoms with Gasteiger partial charge in [0.05, 0.1) is 31.0 Å². The minimum absolute atomic E-state index is 0.188. The molecule has 1 aliphatic heterocycles. The monoisotopic (exact) mass is 350 g/mol. The van der Waals surface area contributed by atoms with Gasteiger partial charge in [-0.15, -0.1) is 0 Å². The number of rotatable bonds is 6. The molecule has 1 fully saturated rings. The number of aromatic amines is 1. The Morgan fingerprint density at radius 3 is 2.61 bits per heavy atom. The van der Waals surface area contributed by atoms with Crippen molar-refractivity contribution in [3.05, 3.63) is 18.2 Å². The molecular formula is C12H22N4O6S. The van der Waals surface area contributed by atoms with Crippen LogP contribution >= 0.6 is 0 Å². The van der Waals surface area contributed by atoms with Crippen LogP contribution in [0.3, 0.4) is 0 Å². The summed E-state index contributed by atoms with van der Waals surface area (Å²) in [4.78, 5) is 18.8. The summed E-state index contributed by atoms with van der Waals surface area (Å²) in [6, 6.07) is -0.863. The highest BCUT2D eigenvalue weighted by Gasteiger charge is 2.13. The lowest BCUT2D eigenvalue weighted by Crippen LogP contribution is -2.38. The van der Waals surface area contributed by atoms with Crippen molar-refractivity contribution in [2.24, 2.45) is 5.73 Å². The predicted octanol–water partition coefficient (Wildman–Crippen LogP) is -1.43. The zero-order valence-electron chi connectivity index (χ0n) is 12.6. The van der Waals surface area contributed by atoms with Crippen molar-refractivity contribution in [2.75, 3.05) is 38.6 Å². The molecule has 1 aliphatic rings. The van der Waals surface area contributed by atoms with E-state index in [0.717, 1.165) is 13.1 Å². The number of nitrogens with zero attached hydrogens (tertiary/aromatic N) is 2. The van der Waals surface area contributed by atoms with Gasteiger partial charge in [-0.3, -0.25) is 14.2 Å². The summed E-state index contributed by atoms with van der Waals surface area (Å²) in [6.07, 6.45) is 3.38. The van der Waals surface area contributed by atoms with E-state index in [2.05, 4.69) is 9.97 Å². The third-order valence-electron chi connectivity index (χ3n) is 3.07. The summed E-state index contributed by atoms with van der Waals surface area (Å²) < 4.78 is 34.3. The zero-order chi connectivity index (χ0) is 17.3. The first-order chi connectivity index (χ1) is 10.8. The first-order valence-electron chi connectivity index (χ1n) is 6.99. The van der Waals surface area contributed by atoms with E-state index in [1.807, 2.05) is 4.90 Å². The van der Waals surface area contributed by atoms with Gasteiger partial charge < -0.3 is 20.6 Å². The van der Waals surface area contributed by atoms with Crippen molar-refractivity contribution >= 4 is 16.1 Å². The largest absolute Gasteiger partial charge is 0.480 e. The Morgan fingerprint density at radius 1 is 1.48 bits per heavy atom. The number of morpholine rings is 1. The number of aromatic nitrogens is 2.